The number of oxazole rings is 1. The van der Waals surface area contributed by atoms with Gasteiger partial charge >= 0.3 is 6.18 Å². The van der Waals surface area contributed by atoms with Crippen LogP contribution in [0.25, 0.3) is 5.57 Å². The second kappa shape index (κ2) is 11.4. The molecule has 5 atom stereocenters. The van der Waals surface area contributed by atoms with Gasteiger partial charge in [-0.15, -0.1) is 0 Å². The summed E-state index contributed by atoms with van der Waals surface area (Å²) in [7, 11) is 1.37. The van der Waals surface area contributed by atoms with Gasteiger partial charge in [0.15, 0.2) is 11.5 Å². The molecule has 1 amide bonds. The summed E-state index contributed by atoms with van der Waals surface area (Å²) in [5, 5.41) is 10.9. The second-order valence-corrected chi connectivity index (χ2v) is 10.8. The number of fused-ring (bicyclic) bond motifs is 1. The number of piperidine rings is 1. The molecule has 4 heterocycles. The van der Waals surface area contributed by atoms with E-state index in [4.69, 9.17) is 14.9 Å². The molecule has 12 heteroatoms. The molecule has 0 aromatic carbocycles. The highest BCUT2D eigenvalue weighted by Gasteiger charge is 2.42. The summed E-state index contributed by atoms with van der Waals surface area (Å²) < 4.78 is 51.2. The number of alkyl halides is 3. The molecular weight excluding hydrogens is 539 g/mol. The number of carbonyl (C=O) groups is 1. The molecule has 41 heavy (non-hydrogen) atoms. The maximum Gasteiger partial charge on any atom is 0.432 e. The number of carbonyl (C=O) groups excluding carboxylic acids is 1. The number of ether oxygens (including phenoxy) is 1. The van der Waals surface area contributed by atoms with Gasteiger partial charge in [0.1, 0.15) is 17.5 Å². The fourth-order valence-corrected chi connectivity index (χ4v) is 5.61. The summed E-state index contributed by atoms with van der Waals surface area (Å²) in [5.74, 6) is -0.124. The van der Waals surface area contributed by atoms with Gasteiger partial charge in [-0.05, 0) is 55.9 Å². The van der Waals surface area contributed by atoms with Gasteiger partial charge in [-0.25, -0.2) is 4.98 Å². The minimum atomic E-state index is -4.60. The zero-order valence-electron chi connectivity index (χ0n) is 23.1. The minimum absolute atomic E-state index is 0.0313. The number of aliphatic hydroxyl groups is 1. The number of nitrogens with zero attached hydrogens (tertiary/aromatic N) is 4. The van der Waals surface area contributed by atoms with E-state index >= 15 is 0 Å². The van der Waals surface area contributed by atoms with Crippen LogP contribution in [0.2, 0.25) is 0 Å². The molecule has 0 saturated carbocycles. The monoisotopic (exact) mass is 573 g/mol. The van der Waals surface area contributed by atoms with Crippen LogP contribution in [0.1, 0.15) is 48.8 Å². The standard InChI is InChI=1S/C29H34F3N5O4/c1-15-4-7-20(34-16(15)2)26(38)17-10-12-37(13-11-17)28(39)25-22(14-33)41-27(36-25)19-5-8-21(40-3)24-18(19)6-9-23(35-24)29(30,31)32/h4-9,15-18,24,26,38H,10-14,33H2,1-3H3/t15?,16-,18?,24?,26?/m0/s1. The molecule has 3 N–H and O–H groups in total. The Kier molecular flexibility index (Phi) is 8.06. The number of hydrogen-bond donors (Lipinski definition) is 2. The lowest BCUT2D eigenvalue weighted by Gasteiger charge is -2.34. The Hall–Kier alpha value is -3.51. The average molecular weight is 574 g/mol. The normalized spacial score (nSPS) is 27.5. The van der Waals surface area contributed by atoms with E-state index in [-0.39, 0.29) is 47.5 Å². The van der Waals surface area contributed by atoms with Crippen molar-refractivity contribution in [3.8, 4) is 0 Å². The largest absolute Gasteiger partial charge is 0.499 e. The van der Waals surface area contributed by atoms with Crippen molar-refractivity contribution in [2.45, 2.75) is 57.6 Å². The molecule has 1 aromatic heterocycles. The number of allylic oxidation sites excluding steroid dienone is 3. The van der Waals surface area contributed by atoms with Crippen LogP contribution in [-0.2, 0) is 11.3 Å². The Balaban J connectivity index is 1.32. The van der Waals surface area contributed by atoms with Crippen molar-refractivity contribution in [2.75, 3.05) is 20.2 Å². The van der Waals surface area contributed by atoms with Crippen molar-refractivity contribution in [1.29, 1.82) is 0 Å². The predicted molar refractivity (Wildman–Crippen MR) is 147 cm³/mol. The van der Waals surface area contributed by atoms with Crippen LogP contribution in [0, 0.1) is 17.8 Å². The summed E-state index contributed by atoms with van der Waals surface area (Å²) in [6, 6.07) is -0.842. The fraction of sp³-hybridized carbons (Fsp3) is 0.517. The van der Waals surface area contributed by atoms with Gasteiger partial charge in [0.05, 0.1) is 31.5 Å². The highest BCUT2D eigenvalue weighted by atomic mass is 19.4. The van der Waals surface area contributed by atoms with Crippen LogP contribution in [0.5, 0.6) is 0 Å². The van der Waals surface area contributed by atoms with E-state index in [9.17, 15) is 23.1 Å². The SMILES string of the molecule is COC1=CC=C(c2nc(C(=O)N3CCC(C(O)C4=N[C@@H](C)C(C)C=C4)CC3)c(CN)o2)C2C=CC(C(F)(F)F)=NC12. The number of methoxy groups -OCH3 is 1. The first-order valence-corrected chi connectivity index (χ1v) is 13.7. The van der Waals surface area contributed by atoms with Crippen LogP contribution in [0.3, 0.4) is 0 Å². The van der Waals surface area contributed by atoms with E-state index in [1.165, 1.54) is 19.3 Å². The van der Waals surface area contributed by atoms with E-state index in [0.717, 1.165) is 6.08 Å². The van der Waals surface area contributed by atoms with Crippen molar-refractivity contribution in [3.05, 3.63) is 59.6 Å². The Bertz CT molecular complexity index is 1360. The molecule has 5 rings (SSSR count). The van der Waals surface area contributed by atoms with Gasteiger partial charge in [0, 0.05) is 24.6 Å². The van der Waals surface area contributed by atoms with Crippen molar-refractivity contribution in [2.24, 2.45) is 33.5 Å². The topological polar surface area (TPSA) is 127 Å². The Morgan fingerprint density at radius 1 is 1.20 bits per heavy atom. The van der Waals surface area contributed by atoms with Gasteiger partial charge in [-0.3, -0.25) is 14.8 Å². The summed E-state index contributed by atoms with van der Waals surface area (Å²) in [4.78, 5) is 28.2. The maximum absolute atomic E-state index is 13.5. The number of aliphatic hydroxyl groups excluding tert-OH is 1. The zero-order chi connectivity index (χ0) is 29.5. The average Bonchev–Trinajstić information content (AvgIpc) is 3.41. The third kappa shape index (κ3) is 5.67. The van der Waals surface area contributed by atoms with E-state index in [1.54, 1.807) is 11.0 Å². The fourth-order valence-electron chi connectivity index (χ4n) is 5.61. The minimum Gasteiger partial charge on any atom is -0.499 e. The van der Waals surface area contributed by atoms with Crippen molar-refractivity contribution >= 4 is 22.9 Å². The second-order valence-electron chi connectivity index (χ2n) is 10.8. The molecule has 3 aliphatic heterocycles. The molecule has 0 spiro atoms. The number of likely N-dealkylation sites (tertiary alicyclic amines) is 1. The Morgan fingerprint density at radius 2 is 1.93 bits per heavy atom. The highest BCUT2D eigenvalue weighted by Crippen LogP contribution is 2.39. The van der Waals surface area contributed by atoms with Crippen LogP contribution in [0.15, 0.2) is 56.6 Å². The van der Waals surface area contributed by atoms with Crippen molar-refractivity contribution in [3.63, 3.8) is 0 Å². The molecule has 1 saturated heterocycles. The summed E-state index contributed by atoms with van der Waals surface area (Å²) in [5.41, 5.74) is 6.12. The molecule has 0 bridgehead atoms. The van der Waals surface area contributed by atoms with E-state index < -0.39 is 30.0 Å². The molecule has 220 valence electrons. The number of aliphatic imine (C=N–C) groups is 2. The number of amides is 1. The maximum atomic E-state index is 13.5. The van der Waals surface area contributed by atoms with Crippen LogP contribution < -0.4 is 5.73 Å². The predicted octanol–water partition coefficient (Wildman–Crippen LogP) is 3.87. The quantitative estimate of drug-likeness (QED) is 0.532. The third-order valence-corrected chi connectivity index (χ3v) is 8.28. The molecule has 1 fully saturated rings. The van der Waals surface area contributed by atoms with Crippen LogP contribution in [-0.4, -0.2) is 76.9 Å². The Labute approximate surface area is 236 Å². The number of nitrogens with two attached hydrogens (primary N) is 1. The summed E-state index contributed by atoms with van der Waals surface area (Å²) in [6.45, 7) is 4.86. The number of halogens is 3. The van der Waals surface area contributed by atoms with E-state index in [0.29, 0.717) is 43.1 Å². The van der Waals surface area contributed by atoms with Crippen molar-refractivity contribution in [1.82, 2.24) is 9.88 Å². The summed E-state index contributed by atoms with van der Waals surface area (Å²) >= 11 is 0. The molecule has 4 aliphatic rings. The number of aromatic nitrogens is 1. The molecular formula is C29H34F3N5O4. The van der Waals surface area contributed by atoms with Crippen molar-refractivity contribution < 1.29 is 32.2 Å². The smallest absolute Gasteiger partial charge is 0.432 e. The Morgan fingerprint density at radius 3 is 2.56 bits per heavy atom. The molecule has 0 radical (unpaired) electrons. The molecule has 9 nitrogen and oxygen atoms in total. The number of dihydropyridines is 2. The highest BCUT2D eigenvalue weighted by molar-refractivity contribution is 6.01. The lowest BCUT2D eigenvalue weighted by Crippen LogP contribution is -2.43. The van der Waals surface area contributed by atoms with Crippen LogP contribution in [0.4, 0.5) is 13.2 Å². The lowest BCUT2D eigenvalue weighted by atomic mass is 9.84. The van der Waals surface area contributed by atoms with Gasteiger partial charge in [-0.2, -0.15) is 13.2 Å². The van der Waals surface area contributed by atoms with E-state index in [2.05, 4.69) is 28.0 Å². The number of hydrogen-bond acceptors (Lipinski definition) is 8. The third-order valence-electron chi connectivity index (χ3n) is 8.28. The van der Waals surface area contributed by atoms with E-state index in [1.807, 2.05) is 13.0 Å². The van der Waals surface area contributed by atoms with Crippen LogP contribution >= 0.6 is 0 Å². The zero-order valence-corrected chi connectivity index (χ0v) is 23.1. The number of rotatable bonds is 6. The van der Waals surface area contributed by atoms with Gasteiger partial charge in [-0.1, -0.05) is 19.1 Å². The van der Waals surface area contributed by atoms with Gasteiger partial charge in [0.2, 0.25) is 5.89 Å². The molecule has 4 unspecified atom stereocenters. The summed E-state index contributed by atoms with van der Waals surface area (Å²) in [6.07, 6.45) is 5.35. The van der Waals surface area contributed by atoms with Gasteiger partial charge < -0.3 is 24.9 Å². The lowest BCUT2D eigenvalue weighted by molar-refractivity contribution is -0.0583. The first-order chi connectivity index (χ1) is 19.5. The first-order valence-electron chi connectivity index (χ1n) is 13.7. The molecule has 1 aromatic rings. The van der Waals surface area contributed by atoms with Gasteiger partial charge in [0.25, 0.3) is 5.91 Å². The first kappa shape index (κ1) is 29.0. The molecule has 1 aliphatic carbocycles.